The summed E-state index contributed by atoms with van der Waals surface area (Å²) in [6.07, 6.45) is -0.232. The van der Waals surface area contributed by atoms with Gasteiger partial charge in [-0.25, -0.2) is 8.78 Å². The first-order valence-electron chi connectivity index (χ1n) is 9.82. The zero-order valence-corrected chi connectivity index (χ0v) is 18.0. The molecule has 10 heteroatoms. The minimum atomic E-state index is -1.01. The van der Waals surface area contributed by atoms with E-state index in [1.54, 1.807) is 24.3 Å². The number of benzene rings is 2. The maximum absolute atomic E-state index is 13.5. The van der Waals surface area contributed by atoms with Crippen molar-refractivity contribution in [3.8, 4) is 11.3 Å². The molecule has 0 radical (unpaired) electrons. The van der Waals surface area contributed by atoms with E-state index >= 15 is 0 Å². The number of amides is 2. The van der Waals surface area contributed by atoms with Crippen molar-refractivity contribution < 1.29 is 32.3 Å². The number of hydrogen-bond donors (Lipinski definition) is 2. The Morgan fingerprint density at radius 3 is 2.45 bits per heavy atom. The molecular formula is C23H19ClF2N2O5. The van der Waals surface area contributed by atoms with Gasteiger partial charge in [0.15, 0.2) is 6.61 Å². The molecule has 0 unspecified atom stereocenters. The first kappa shape index (κ1) is 23.9. The molecule has 0 saturated heterocycles. The van der Waals surface area contributed by atoms with Crippen LogP contribution in [0.5, 0.6) is 0 Å². The van der Waals surface area contributed by atoms with Crippen LogP contribution in [0.1, 0.15) is 22.5 Å². The number of esters is 1. The number of nitrogens with one attached hydrogen (secondary N) is 2. The van der Waals surface area contributed by atoms with Gasteiger partial charge in [0.1, 0.15) is 23.2 Å². The fraction of sp³-hybridized carbons (Fsp3) is 0.174. The average molecular weight is 477 g/mol. The quantitative estimate of drug-likeness (QED) is 0.457. The molecule has 33 heavy (non-hydrogen) atoms. The molecule has 0 atom stereocenters. The largest absolute Gasteiger partial charge is 0.459 e. The van der Waals surface area contributed by atoms with Gasteiger partial charge >= 0.3 is 5.97 Å². The monoisotopic (exact) mass is 476 g/mol. The molecule has 2 aromatic carbocycles. The Morgan fingerprint density at radius 2 is 1.73 bits per heavy atom. The van der Waals surface area contributed by atoms with E-state index in [4.69, 9.17) is 20.8 Å². The lowest BCUT2D eigenvalue weighted by molar-refractivity contribution is -0.148. The molecule has 0 aliphatic heterocycles. The molecular weight excluding hydrogens is 458 g/mol. The number of carbonyl (C=O) groups is 3. The zero-order chi connectivity index (χ0) is 23.8. The minimum absolute atomic E-state index is 0.100. The van der Waals surface area contributed by atoms with Crippen LogP contribution in [0.25, 0.3) is 11.3 Å². The second-order valence-electron chi connectivity index (χ2n) is 6.84. The van der Waals surface area contributed by atoms with Crippen LogP contribution in [0.15, 0.2) is 59.0 Å². The molecule has 2 N–H and O–H groups in total. The van der Waals surface area contributed by atoms with Crippen molar-refractivity contribution in [1.29, 1.82) is 0 Å². The van der Waals surface area contributed by atoms with Crippen LogP contribution in [-0.2, 0) is 20.9 Å². The van der Waals surface area contributed by atoms with Gasteiger partial charge in [0.25, 0.3) is 11.8 Å². The van der Waals surface area contributed by atoms with E-state index in [-0.39, 0.29) is 25.1 Å². The Balaban J connectivity index is 1.34. The van der Waals surface area contributed by atoms with Crippen molar-refractivity contribution >= 4 is 29.4 Å². The second-order valence-corrected chi connectivity index (χ2v) is 7.28. The van der Waals surface area contributed by atoms with Gasteiger partial charge in [-0.3, -0.25) is 14.4 Å². The van der Waals surface area contributed by atoms with Crippen LogP contribution < -0.4 is 10.6 Å². The predicted molar refractivity (Wildman–Crippen MR) is 115 cm³/mol. The molecule has 2 amide bonds. The third-order valence-electron chi connectivity index (χ3n) is 4.40. The van der Waals surface area contributed by atoms with Crippen molar-refractivity contribution in [2.24, 2.45) is 0 Å². The van der Waals surface area contributed by atoms with Gasteiger partial charge in [-0.05, 0) is 48.5 Å². The highest BCUT2D eigenvalue weighted by Gasteiger charge is 2.14. The summed E-state index contributed by atoms with van der Waals surface area (Å²) >= 11 is 5.86. The van der Waals surface area contributed by atoms with E-state index in [1.165, 1.54) is 0 Å². The van der Waals surface area contributed by atoms with Crippen molar-refractivity contribution in [3.63, 3.8) is 0 Å². The van der Waals surface area contributed by atoms with Gasteiger partial charge in [-0.15, -0.1) is 0 Å². The lowest BCUT2D eigenvalue weighted by atomic mass is 10.2. The number of rotatable bonds is 9. The Bertz CT molecular complexity index is 1150. The summed E-state index contributed by atoms with van der Waals surface area (Å²) in [7, 11) is 0. The van der Waals surface area contributed by atoms with E-state index in [0.29, 0.717) is 22.6 Å². The number of halogens is 3. The van der Waals surface area contributed by atoms with E-state index < -0.39 is 36.0 Å². The zero-order valence-electron chi connectivity index (χ0n) is 17.2. The topological polar surface area (TPSA) is 97.6 Å². The minimum Gasteiger partial charge on any atom is -0.459 e. The molecule has 0 aliphatic rings. The SMILES string of the molecule is O=C(COC(=O)CCNC(=O)c1ccc(F)cc1F)NCc1ccc(-c2ccc(Cl)cc2)o1. The summed E-state index contributed by atoms with van der Waals surface area (Å²) in [5.41, 5.74) is 0.487. The first-order chi connectivity index (χ1) is 15.8. The Labute approximate surface area is 192 Å². The normalized spacial score (nSPS) is 10.5. The van der Waals surface area contributed by atoms with Crippen LogP contribution in [0, 0.1) is 11.6 Å². The molecule has 0 aliphatic carbocycles. The fourth-order valence-electron chi connectivity index (χ4n) is 2.74. The molecule has 0 spiro atoms. The average Bonchev–Trinajstić information content (AvgIpc) is 3.25. The third kappa shape index (κ3) is 7.15. The van der Waals surface area contributed by atoms with E-state index in [9.17, 15) is 23.2 Å². The molecule has 172 valence electrons. The molecule has 7 nitrogen and oxygen atoms in total. The van der Waals surface area contributed by atoms with E-state index in [0.717, 1.165) is 17.7 Å². The van der Waals surface area contributed by atoms with Crippen molar-refractivity contribution in [1.82, 2.24) is 10.6 Å². The van der Waals surface area contributed by atoms with Gasteiger partial charge in [0.05, 0.1) is 18.5 Å². The highest BCUT2D eigenvalue weighted by molar-refractivity contribution is 6.30. The standard InChI is InChI=1S/C23H19ClF2N2O5/c24-15-3-1-14(2-4-15)20-8-6-17(33-20)12-28-21(29)13-32-22(30)9-10-27-23(31)18-7-5-16(25)11-19(18)26/h1-8,11H,9-10,12-13H2,(H,27,31)(H,28,29). The Morgan fingerprint density at radius 1 is 0.970 bits per heavy atom. The van der Waals surface area contributed by atoms with Crippen molar-refractivity contribution in [2.75, 3.05) is 13.2 Å². The number of carbonyl (C=O) groups excluding carboxylic acids is 3. The predicted octanol–water partition coefficient (Wildman–Crippen LogP) is 3.86. The second kappa shape index (κ2) is 11.2. The summed E-state index contributed by atoms with van der Waals surface area (Å²) in [4.78, 5) is 35.5. The van der Waals surface area contributed by atoms with Gasteiger partial charge in [-0.2, -0.15) is 0 Å². The Hall–Kier alpha value is -3.72. The summed E-state index contributed by atoms with van der Waals surface area (Å²) in [6, 6.07) is 13.1. The molecule has 1 heterocycles. The van der Waals surface area contributed by atoms with E-state index in [2.05, 4.69) is 10.6 Å². The van der Waals surface area contributed by atoms with Crippen LogP contribution in [-0.4, -0.2) is 30.9 Å². The van der Waals surface area contributed by atoms with Crippen molar-refractivity contribution in [2.45, 2.75) is 13.0 Å². The first-order valence-corrected chi connectivity index (χ1v) is 10.2. The van der Waals surface area contributed by atoms with Gasteiger partial charge in [-0.1, -0.05) is 11.6 Å². The summed E-state index contributed by atoms with van der Waals surface area (Å²) in [5, 5.41) is 5.49. The van der Waals surface area contributed by atoms with Gasteiger partial charge in [0.2, 0.25) is 0 Å². The smallest absolute Gasteiger partial charge is 0.308 e. The summed E-state index contributed by atoms with van der Waals surface area (Å²) in [5.74, 6) is -2.75. The molecule has 1 aromatic heterocycles. The van der Waals surface area contributed by atoms with Crippen LogP contribution >= 0.6 is 11.6 Å². The highest BCUT2D eigenvalue weighted by atomic mass is 35.5. The molecule has 3 rings (SSSR count). The van der Waals surface area contributed by atoms with E-state index in [1.807, 2.05) is 12.1 Å². The van der Waals surface area contributed by atoms with Crippen molar-refractivity contribution in [3.05, 3.63) is 82.6 Å². The molecule has 0 fully saturated rings. The number of hydrogen-bond acceptors (Lipinski definition) is 5. The molecule has 0 saturated carbocycles. The van der Waals surface area contributed by atoms with Gasteiger partial charge in [0, 0.05) is 23.2 Å². The lowest BCUT2D eigenvalue weighted by Crippen LogP contribution is -2.30. The maximum atomic E-state index is 13.5. The summed E-state index contributed by atoms with van der Waals surface area (Å²) in [6.45, 7) is -0.552. The summed E-state index contributed by atoms with van der Waals surface area (Å²) < 4.78 is 36.9. The van der Waals surface area contributed by atoms with Gasteiger partial charge < -0.3 is 19.8 Å². The molecule has 0 bridgehead atoms. The third-order valence-corrected chi connectivity index (χ3v) is 4.66. The Kier molecular flexibility index (Phi) is 8.15. The highest BCUT2D eigenvalue weighted by Crippen LogP contribution is 2.23. The maximum Gasteiger partial charge on any atom is 0.308 e. The lowest BCUT2D eigenvalue weighted by Gasteiger charge is -2.07. The molecule has 3 aromatic rings. The fourth-order valence-corrected chi connectivity index (χ4v) is 2.87. The van der Waals surface area contributed by atoms with Crippen LogP contribution in [0.2, 0.25) is 5.02 Å². The van der Waals surface area contributed by atoms with Crippen LogP contribution in [0.3, 0.4) is 0 Å². The number of furan rings is 1. The number of ether oxygens (including phenoxy) is 1. The van der Waals surface area contributed by atoms with Crippen LogP contribution in [0.4, 0.5) is 8.78 Å².